The van der Waals surface area contributed by atoms with Gasteiger partial charge in [-0.25, -0.2) is 9.78 Å². The van der Waals surface area contributed by atoms with Gasteiger partial charge in [0.1, 0.15) is 0 Å². The zero-order valence-corrected chi connectivity index (χ0v) is 20.3. The highest BCUT2D eigenvalue weighted by atomic mass is 35.5. The maximum absolute atomic E-state index is 13.4. The second-order valence-corrected chi connectivity index (χ2v) is 9.17. The fourth-order valence-electron chi connectivity index (χ4n) is 3.95. The molecule has 2 aromatic carbocycles. The Balaban J connectivity index is 1.56. The van der Waals surface area contributed by atoms with Crippen molar-refractivity contribution in [2.45, 2.75) is 31.0 Å². The molecule has 178 valence electrons. The molecule has 34 heavy (non-hydrogen) atoms. The topological polar surface area (TPSA) is 93.5 Å². The van der Waals surface area contributed by atoms with E-state index in [9.17, 15) is 14.4 Å². The summed E-state index contributed by atoms with van der Waals surface area (Å²) in [5, 5.41) is 4.26. The number of para-hydroxylation sites is 2. The molecule has 0 aliphatic carbocycles. The largest absolute Gasteiger partial charge is 0.450 e. The summed E-state index contributed by atoms with van der Waals surface area (Å²) >= 11 is 7.35. The van der Waals surface area contributed by atoms with E-state index in [-0.39, 0.29) is 29.4 Å². The monoisotopic (exact) mass is 500 g/mol. The van der Waals surface area contributed by atoms with Gasteiger partial charge in [-0.15, -0.1) is 0 Å². The van der Waals surface area contributed by atoms with Crippen LogP contribution in [0.15, 0.2) is 58.5 Å². The molecule has 1 fully saturated rings. The lowest BCUT2D eigenvalue weighted by Gasteiger charge is -2.33. The van der Waals surface area contributed by atoms with Gasteiger partial charge in [0, 0.05) is 19.1 Å². The summed E-state index contributed by atoms with van der Waals surface area (Å²) in [5.41, 5.74) is 0.973. The number of halogens is 1. The molecule has 10 heteroatoms. The molecular weight excluding hydrogens is 476 g/mol. The Bertz CT molecular complexity index is 1260. The number of benzene rings is 2. The molecule has 1 N–H and O–H groups in total. The van der Waals surface area contributed by atoms with Crippen molar-refractivity contribution in [3.63, 3.8) is 0 Å². The summed E-state index contributed by atoms with van der Waals surface area (Å²) < 4.78 is 6.78. The highest BCUT2D eigenvalue weighted by Crippen LogP contribution is 2.28. The second kappa shape index (κ2) is 10.9. The second-order valence-electron chi connectivity index (χ2n) is 7.82. The molecule has 0 atom stereocenters. The third-order valence-corrected chi connectivity index (χ3v) is 6.89. The van der Waals surface area contributed by atoms with Crippen LogP contribution in [0.1, 0.15) is 25.8 Å². The molecule has 2 heterocycles. The van der Waals surface area contributed by atoms with Crippen molar-refractivity contribution >= 4 is 52.0 Å². The number of thioether (sulfide) groups is 1. The zero-order valence-electron chi connectivity index (χ0n) is 18.7. The average molecular weight is 501 g/mol. The third kappa shape index (κ3) is 5.37. The van der Waals surface area contributed by atoms with Crippen molar-refractivity contribution in [2.24, 2.45) is 0 Å². The number of anilines is 1. The molecule has 1 saturated heterocycles. The van der Waals surface area contributed by atoms with Crippen molar-refractivity contribution in [3.05, 3.63) is 63.9 Å². The van der Waals surface area contributed by atoms with Gasteiger partial charge in [0.05, 0.1) is 34.0 Å². The van der Waals surface area contributed by atoms with Crippen molar-refractivity contribution < 1.29 is 14.3 Å². The Morgan fingerprint density at radius 2 is 1.85 bits per heavy atom. The van der Waals surface area contributed by atoms with Crippen molar-refractivity contribution in [3.8, 4) is 0 Å². The fourth-order valence-corrected chi connectivity index (χ4v) is 5.00. The van der Waals surface area contributed by atoms with Crippen LogP contribution in [0, 0.1) is 0 Å². The van der Waals surface area contributed by atoms with Crippen LogP contribution < -0.4 is 10.9 Å². The quantitative estimate of drug-likeness (QED) is 0.393. The molecule has 1 aromatic heterocycles. The van der Waals surface area contributed by atoms with E-state index in [0.29, 0.717) is 59.3 Å². The molecule has 8 nitrogen and oxygen atoms in total. The number of hydrogen-bond acceptors (Lipinski definition) is 6. The van der Waals surface area contributed by atoms with Crippen LogP contribution in [0.25, 0.3) is 10.9 Å². The molecule has 0 radical (unpaired) electrons. The lowest BCUT2D eigenvalue weighted by molar-refractivity contribution is -0.113. The Hall–Kier alpha value is -3.04. The summed E-state index contributed by atoms with van der Waals surface area (Å²) in [6.45, 7) is 3.07. The molecular formula is C24H25ClN4O4S. The first-order valence-electron chi connectivity index (χ1n) is 11.1. The van der Waals surface area contributed by atoms with Gasteiger partial charge in [-0.2, -0.15) is 0 Å². The maximum Gasteiger partial charge on any atom is 0.409 e. The Labute approximate surface area is 206 Å². The average Bonchev–Trinajstić information content (AvgIpc) is 2.85. The van der Waals surface area contributed by atoms with Gasteiger partial charge in [0.2, 0.25) is 5.91 Å². The first-order chi connectivity index (χ1) is 16.5. The normalized spacial score (nSPS) is 14.2. The standard InChI is InChI=1S/C24H25ClN4O4S/c1-2-33-24(32)28-13-11-16(12-14-28)29-22(31)17-7-3-5-9-19(17)27-23(29)34-15-21(30)26-20-10-6-4-8-18(20)25/h3-10,16H,2,11-15H2,1H3,(H,26,30). The molecule has 1 aliphatic heterocycles. The van der Waals surface area contributed by atoms with Crippen molar-refractivity contribution in [1.29, 1.82) is 0 Å². The van der Waals surface area contributed by atoms with E-state index in [1.165, 1.54) is 11.8 Å². The van der Waals surface area contributed by atoms with Crippen molar-refractivity contribution in [1.82, 2.24) is 14.5 Å². The minimum Gasteiger partial charge on any atom is -0.450 e. The molecule has 4 rings (SSSR count). The van der Waals surface area contributed by atoms with Crippen LogP contribution in [0.2, 0.25) is 5.02 Å². The van der Waals surface area contributed by atoms with Crippen LogP contribution in [0.4, 0.5) is 10.5 Å². The summed E-state index contributed by atoms with van der Waals surface area (Å²) in [6, 6.07) is 14.1. The number of likely N-dealkylation sites (tertiary alicyclic amines) is 1. The van der Waals surface area contributed by atoms with Crippen LogP contribution in [-0.2, 0) is 9.53 Å². The predicted molar refractivity (Wildman–Crippen MR) is 134 cm³/mol. The van der Waals surface area contributed by atoms with Crippen LogP contribution in [-0.4, -0.2) is 51.9 Å². The van der Waals surface area contributed by atoms with Gasteiger partial charge in [0.15, 0.2) is 5.16 Å². The van der Waals surface area contributed by atoms with E-state index in [2.05, 4.69) is 5.32 Å². The number of amides is 2. The third-order valence-electron chi connectivity index (χ3n) is 5.61. The molecule has 0 saturated carbocycles. The van der Waals surface area contributed by atoms with E-state index < -0.39 is 0 Å². The highest BCUT2D eigenvalue weighted by molar-refractivity contribution is 7.99. The minimum absolute atomic E-state index is 0.0671. The Morgan fingerprint density at radius 1 is 1.15 bits per heavy atom. The van der Waals surface area contributed by atoms with Gasteiger partial charge in [-0.1, -0.05) is 47.6 Å². The van der Waals surface area contributed by atoms with Gasteiger partial charge >= 0.3 is 6.09 Å². The Kier molecular flexibility index (Phi) is 7.74. The molecule has 3 aromatic rings. The fraction of sp³-hybridized carbons (Fsp3) is 0.333. The molecule has 0 unspecified atom stereocenters. The van der Waals surface area contributed by atoms with Crippen LogP contribution >= 0.6 is 23.4 Å². The number of nitrogens with one attached hydrogen (secondary N) is 1. The first-order valence-corrected chi connectivity index (χ1v) is 12.4. The zero-order chi connectivity index (χ0) is 24.1. The number of rotatable bonds is 6. The SMILES string of the molecule is CCOC(=O)N1CCC(n2c(SCC(=O)Nc3ccccc3Cl)nc3ccccc3c2=O)CC1. The number of nitrogens with zero attached hydrogens (tertiary/aromatic N) is 3. The first kappa shape index (κ1) is 24.1. The summed E-state index contributed by atoms with van der Waals surface area (Å²) in [6.07, 6.45) is 0.853. The van der Waals surface area contributed by atoms with E-state index in [0.717, 1.165) is 0 Å². The smallest absolute Gasteiger partial charge is 0.409 e. The van der Waals surface area contributed by atoms with E-state index >= 15 is 0 Å². The molecule has 2 amide bonds. The van der Waals surface area contributed by atoms with Gasteiger partial charge in [-0.05, 0) is 44.0 Å². The number of carbonyl (C=O) groups is 2. The number of hydrogen-bond donors (Lipinski definition) is 1. The van der Waals surface area contributed by atoms with Crippen LogP contribution in [0.3, 0.4) is 0 Å². The van der Waals surface area contributed by atoms with Crippen molar-refractivity contribution in [2.75, 3.05) is 30.8 Å². The number of carbonyl (C=O) groups excluding carboxylic acids is 2. The van der Waals surface area contributed by atoms with E-state index in [1.54, 1.807) is 52.8 Å². The predicted octanol–water partition coefficient (Wildman–Crippen LogP) is 4.57. The van der Waals surface area contributed by atoms with Gasteiger partial charge < -0.3 is 15.0 Å². The van der Waals surface area contributed by atoms with E-state index in [1.807, 2.05) is 12.1 Å². The molecule has 1 aliphatic rings. The highest BCUT2D eigenvalue weighted by Gasteiger charge is 2.28. The summed E-state index contributed by atoms with van der Waals surface area (Å²) in [7, 11) is 0. The minimum atomic E-state index is -0.337. The number of aromatic nitrogens is 2. The maximum atomic E-state index is 13.4. The lowest BCUT2D eigenvalue weighted by Crippen LogP contribution is -2.41. The molecule has 0 spiro atoms. The van der Waals surface area contributed by atoms with E-state index in [4.69, 9.17) is 21.3 Å². The number of piperidine rings is 1. The summed E-state index contributed by atoms with van der Waals surface area (Å²) in [4.78, 5) is 44.5. The lowest BCUT2D eigenvalue weighted by atomic mass is 10.0. The number of ether oxygens (including phenoxy) is 1. The Morgan fingerprint density at radius 3 is 2.59 bits per heavy atom. The van der Waals surface area contributed by atoms with Gasteiger partial charge in [0.25, 0.3) is 5.56 Å². The number of fused-ring (bicyclic) bond motifs is 1. The van der Waals surface area contributed by atoms with Crippen LogP contribution in [0.5, 0.6) is 0 Å². The molecule has 0 bridgehead atoms. The van der Waals surface area contributed by atoms with Gasteiger partial charge in [-0.3, -0.25) is 14.2 Å². The summed E-state index contributed by atoms with van der Waals surface area (Å²) in [5.74, 6) is -0.179.